The number of nitrogens with zero attached hydrogens (tertiary/aromatic N) is 1. The van der Waals surface area contributed by atoms with Crippen LogP contribution in [0.2, 0.25) is 0 Å². The standard InChI is InChI=1S/C6H13N3O2/c1-9(6(7)8)4-3-5(10)11-2/h3-4H2,1-2H3,(H3,7,8). The predicted molar refractivity (Wildman–Crippen MR) is 41.2 cm³/mol. The van der Waals surface area contributed by atoms with Gasteiger partial charge in [0.25, 0.3) is 0 Å². The average Bonchev–Trinajstić information content (AvgIpc) is 1.99. The Balaban J connectivity index is 3.54. The first-order valence-electron chi connectivity index (χ1n) is 3.20. The van der Waals surface area contributed by atoms with Gasteiger partial charge >= 0.3 is 5.97 Å². The number of esters is 1. The summed E-state index contributed by atoms with van der Waals surface area (Å²) in [7, 11) is 2.97. The minimum absolute atomic E-state index is 0.0473. The summed E-state index contributed by atoms with van der Waals surface area (Å²) in [5.41, 5.74) is 5.12. The van der Waals surface area contributed by atoms with Crippen LogP contribution in [0.3, 0.4) is 0 Å². The quantitative estimate of drug-likeness (QED) is 0.326. The molecule has 5 heteroatoms. The van der Waals surface area contributed by atoms with Crippen LogP contribution < -0.4 is 5.73 Å². The molecule has 0 saturated heterocycles. The smallest absolute Gasteiger partial charge is 0.307 e. The molecule has 0 atom stereocenters. The highest BCUT2D eigenvalue weighted by atomic mass is 16.5. The van der Waals surface area contributed by atoms with Crippen LogP contribution in [0, 0.1) is 5.41 Å². The molecule has 0 spiro atoms. The highest BCUT2D eigenvalue weighted by Gasteiger charge is 2.03. The largest absolute Gasteiger partial charge is 0.469 e. The molecule has 0 aliphatic rings. The molecule has 0 fully saturated rings. The van der Waals surface area contributed by atoms with Gasteiger partial charge in [-0.2, -0.15) is 0 Å². The molecular weight excluding hydrogens is 146 g/mol. The highest BCUT2D eigenvalue weighted by molar-refractivity contribution is 5.75. The molecule has 0 aromatic heterocycles. The number of guanidine groups is 1. The topological polar surface area (TPSA) is 79.4 Å². The van der Waals surface area contributed by atoms with Crippen LogP contribution in [0.5, 0.6) is 0 Å². The number of ether oxygens (including phenoxy) is 1. The van der Waals surface area contributed by atoms with Crippen molar-refractivity contribution in [2.75, 3.05) is 20.7 Å². The van der Waals surface area contributed by atoms with Crippen molar-refractivity contribution in [3.8, 4) is 0 Å². The predicted octanol–water partition coefficient (Wildman–Crippen LogP) is -0.625. The zero-order valence-electron chi connectivity index (χ0n) is 6.76. The number of nitrogens with one attached hydrogen (secondary N) is 1. The fourth-order valence-corrected chi connectivity index (χ4v) is 0.482. The molecule has 0 aliphatic carbocycles. The van der Waals surface area contributed by atoms with E-state index in [1.807, 2.05) is 0 Å². The molecule has 0 saturated carbocycles. The molecule has 64 valence electrons. The van der Waals surface area contributed by atoms with Gasteiger partial charge in [-0.1, -0.05) is 0 Å². The molecule has 3 N–H and O–H groups in total. The summed E-state index contributed by atoms with van der Waals surface area (Å²) in [6.45, 7) is 0.419. The van der Waals surface area contributed by atoms with Gasteiger partial charge in [-0.05, 0) is 0 Å². The molecule has 0 aromatic rings. The Morgan fingerprint density at radius 3 is 2.64 bits per heavy atom. The Morgan fingerprint density at radius 2 is 2.27 bits per heavy atom. The molecule has 0 amide bonds. The van der Waals surface area contributed by atoms with E-state index >= 15 is 0 Å². The van der Waals surface area contributed by atoms with Gasteiger partial charge in [0.1, 0.15) is 0 Å². The number of carbonyl (C=O) groups is 1. The number of nitrogens with two attached hydrogens (primary N) is 1. The lowest BCUT2D eigenvalue weighted by Crippen LogP contribution is -2.34. The van der Waals surface area contributed by atoms with Crippen molar-refractivity contribution < 1.29 is 9.53 Å². The van der Waals surface area contributed by atoms with Crippen LogP contribution in [0.1, 0.15) is 6.42 Å². The van der Waals surface area contributed by atoms with E-state index in [9.17, 15) is 4.79 Å². The first-order valence-corrected chi connectivity index (χ1v) is 3.20. The van der Waals surface area contributed by atoms with E-state index in [2.05, 4.69) is 4.74 Å². The van der Waals surface area contributed by atoms with Crippen molar-refractivity contribution in [1.82, 2.24) is 4.90 Å². The van der Waals surface area contributed by atoms with Crippen molar-refractivity contribution in [2.24, 2.45) is 5.73 Å². The van der Waals surface area contributed by atoms with Crippen molar-refractivity contribution in [1.29, 1.82) is 5.41 Å². The Morgan fingerprint density at radius 1 is 1.73 bits per heavy atom. The molecule has 0 rings (SSSR count). The van der Waals surface area contributed by atoms with Crippen molar-refractivity contribution in [3.63, 3.8) is 0 Å². The van der Waals surface area contributed by atoms with Crippen LogP contribution in [-0.4, -0.2) is 37.5 Å². The van der Waals surface area contributed by atoms with E-state index in [4.69, 9.17) is 11.1 Å². The van der Waals surface area contributed by atoms with Crippen LogP contribution in [0.4, 0.5) is 0 Å². The molecule has 0 radical (unpaired) electrons. The van der Waals surface area contributed by atoms with Crippen molar-refractivity contribution in [3.05, 3.63) is 0 Å². The second-order valence-corrected chi connectivity index (χ2v) is 2.13. The minimum atomic E-state index is -0.293. The first-order chi connectivity index (χ1) is 5.07. The third-order valence-electron chi connectivity index (χ3n) is 1.29. The third-order valence-corrected chi connectivity index (χ3v) is 1.29. The Labute approximate surface area is 65.6 Å². The normalized spacial score (nSPS) is 8.91. The van der Waals surface area contributed by atoms with Gasteiger partial charge in [0.05, 0.1) is 13.5 Å². The highest BCUT2D eigenvalue weighted by Crippen LogP contribution is 1.87. The lowest BCUT2D eigenvalue weighted by Gasteiger charge is -2.14. The maximum absolute atomic E-state index is 10.6. The van der Waals surface area contributed by atoms with Gasteiger partial charge in [0, 0.05) is 13.6 Å². The van der Waals surface area contributed by atoms with Crippen LogP contribution in [-0.2, 0) is 9.53 Å². The van der Waals surface area contributed by atoms with Gasteiger partial charge in [-0.15, -0.1) is 0 Å². The molecule has 5 nitrogen and oxygen atoms in total. The molecule has 0 unspecified atom stereocenters. The number of methoxy groups -OCH3 is 1. The second-order valence-electron chi connectivity index (χ2n) is 2.13. The molecular formula is C6H13N3O2. The number of rotatable bonds is 3. The third kappa shape index (κ3) is 4.19. The zero-order valence-corrected chi connectivity index (χ0v) is 6.76. The van der Waals surface area contributed by atoms with E-state index in [1.54, 1.807) is 7.05 Å². The monoisotopic (exact) mass is 159 g/mol. The van der Waals surface area contributed by atoms with E-state index in [0.717, 1.165) is 0 Å². The lowest BCUT2D eigenvalue weighted by molar-refractivity contribution is -0.140. The summed E-state index contributed by atoms with van der Waals surface area (Å²) in [5, 5.41) is 6.95. The molecule has 0 aliphatic heterocycles. The fourth-order valence-electron chi connectivity index (χ4n) is 0.482. The lowest BCUT2D eigenvalue weighted by atomic mass is 10.4. The summed E-state index contributed by atoms with van der Waals surface area (Å²) >= 11 is 0. The van der Waals surface area contributed by atoms with E-state index in [1.165, 1.54) is 12.0 Å². The fraction of sp³-hybridized carbons (Fsp3) is 0.667. The van der Waals surface area contributed by atoms with Crippen molar-refractivity contribution >= 4 is 11.9 Å². The maximum Gasteiger partial charge on any atom is 0.307 e. The molecule has 0 aromatic carbocycles. The SMILES string of the molecule is COC(=O)CCN(C)C(=N)N. The molecule has 11 heavy (non-hydrogen) atoms. The number of carbonyl (C=O) groups excluding carboxylic acids is 1. The summed E-state index contributed by atoms with van der Waals surface area (Å²) < 4.78 is 4.40. The van der Waals surface area contributed by atoms with Crippen molar-refractivity contribution in [2.45, 2.75) is 6.42 Å². The summed E-state index contributed by atoms with van der Waals surface area (Å²) in [6.07, 6.45) is 0.257. The summed E-state index contributed by atoms with van der Waals surface area (Å²) in [6, 6.07) is 0. The molecule has 0 bridgehead atoms. The molecule has 0 heterocycles. The average molecular weight is 159 g/mol. The van der Waals surface area contributed by atoms with E-state index < -0.39 is 0 Å². The van der Waals surface area contributed by atoms with Crippen LogP contribution in [0.25, 0.3) is 0 Å². The van der Waals surface area contributed by atoms with Gasteiger partial charge in [-0.3, -0.25) is 10.2 Å². The van der Waals surface area contributed by atoms with Gasteiger partial charge < -0.3 is 15.4 Å². The first kappa shape index (κ1) is 9.74. The Bertz CT molecular complexity index is 158. The zero-order chi connectivity index (χ0) is 8.85. The minimum Gasteiger partial charge on any atom is -0.469 e. The van der Waals surface area contributed by atoms with Gasteiger partial charge in [0.2, 0.25) is 0 Å². The summed E-state index contributed by atoms with van der Waals surface area (Å²) in [4.78, 5) is 12.0. The summed E-state index contributed by atoms with van der Waals surface area (Å²) in [5.74, 6) is -0.341. The van der Waals surface area contributed by atoms with Crippen LogP contribution >= 0.6 is 0 Å². The Kier molecular flexibility index (Phi) is 4.02. The maximum atomic E-state index is 10.6. The second kappa shape index (κ2) is 4.54. The van der Waals surface area contributed by atoms with Crippen LogP contribution in [0.15, 0.2) is 0 Å². The Hall–Kier alpha value is -1.26. The van der Waals surface area contributed by atoms with Gasteiger partial charge in [0.15, 0.2) is 5.96 Å². The van der Waals surface area contributed by atoms with E-state index in [-0.39, 0.29) is 18.3 Å². The van der Waals surface area contributed by atoms with E-state index in [0.29, 0.717) is 6.54 Å². The number of hydrogen-bond donors (Lipinski definition) is 2. The van der Waals surface area contributed by atoms with Gasteiger partial charge in [-0.25, -0.2) is 0 Å². The number of hydrogen-bond acceptors (Lipinski definition) is 3.